The molecule has 3 aromatic rings. The fourth-order valence-electron chi connectivity index (χ4n) is 3.64. The number of aliphatic hydroxyl groups is 1. The highest BCUT2D eigenvalue weighted by Crippen LogP contribution is 2.40. The summed E-state index contributed by atoms with van der Waals surface area (Å²) in [5, 5.41) is 26.6. The van der Waals surface area contributed by atoms with Crippen molar-refractivity contribution in [2.24, 2.45) is 0 Å². The van der Waals surface area contributed by atoms with Crippen LogP contribution in [0.1, 0.15) is 54.7 Å². The number of fused-ring (bicyclic) bond motifs is 1. The van der Waals surface area contributed by atoms with E-state index < -0.39 is 0 Å². The second-order valence-electron chi connectivity index (χ2n) is 9.01. The van der Waals surface area contributed by atoms with E-state index in [0.29, 0.717) is 35.2 Å². The highest BCUT2D eigenvalue weighted by Gasteiger charge is 2.25. The summed E-state index contributed by atoms with van der Waals surface area (Å²) < 4.78 is 19.5. The van der Waals surface area contributed by atoms with E-state index >= 15 is 0 Å². The number of carbonyl (C=O) groups excluding carboxylic acids is 1. The molecule has 0 spiro atoms. The van der Waals surface area contributed by atoms with Gasteiger partial charge in [-0.05, 0) is 38.3 Å². The van der Waals surface area contributed by atoms with Crippen molar-refractivity contribution in [2.45, 2.75) is 53.5 Å². The van der Waals surface area contributed by atoms with E-state index in [2.05, 4.69) is 10.2 Å². The summed E-state index contributed by atoms with van der Waals surface area (Å²) in [6, 6.07) is 3.39. The number of carbonyl (C=O) groups is 1. The van der Waals surface area contributed by atoms with Gasteiger partial charge >= 0.3 is 0 Å². The van der Waals surface area contributed by atoms with Crippen LogP contribution in [0.3, 0.4) is 0 Å². The molecule has 10 heteroatoms. The van der Waals surface area contributed by atoms with Crippen molar-refractivity contribution in [3.8, 4) is 17.4 Å². The topological polar surface area (TPSA) is 124 Å². The van der Waals surface area contributed by atoms with E-state index in [-0.39, 0.29) is 36.6 Å². The molecule has 3 rings (SSSR count). The van der Waals surface area contributed by atoms with E-state index in [1.807, 2.05) is 41.5 Å². The minimum absolute atomic E-state index is 0.0336. The van der Waals surface area contributed by atoms with Crippen LogP contribution in [-0.2, 0) is 12.0 Å². The SMILES string of the molecule is CCOc1nn2c(=N)n(CC(=O)c3cc(OCCO)c(OC)c(C(C)(C)C)c3)nc2c(C)c1C. The highest BCUT2D eigenvalue weighted by molar-refractivity contribution is 5.97. The monoisotopic (exact) mass is 471 g/mol. The molecule has 0 fully saturated rings. The van der Waals surface area contributed by atoms with Crippen molar-refractivity contribution in [1.29, 1.82) is 5.41 Å². The number of methoxy groups -OCH3 is 1. The lowest BCUT2D eigenvalue weighted by Crippen LogP contribution is -2.27. The zero-order valence-electron chi connectivity index (χ0n) is 20.9. The third kappa shape index (κ3) is 4.77. The number of ketones is 1. The van der Waals surface area contributed by atoms with Gasteiger partial charge in [-0.3, -0.25) is 10.2 Å². The number of nitrogens with zero attached hydrogens (tertiary/aromatic N) is 4. The lowest BCUT2D eigenvalue weighted by Gasteiger charge is -2.25. The van der Waals surface area contributed by atoms with Crippen LogP contribution in [0.2, 0.25) is 0 Å². The molecule has 0 radical (unpaired) electrons. The standard InChI is InChI=1S/C24H33N5O5/c1-8-33-22-15(3)14(2)21-26-28(23(25)29(21)27-22)13-18(31)16-11-17(24(4,5)6)20(32-7)19(12-16)34-10-9-30/h11-12,25,30H,8-10,13H2,1-7H3. The third-order valence-electron chi connectivity index (χ3n) is 5.58. The summed E-state index contributed by atoms with van der Waals surface area (Å²) in [5.41, 5.74) is 3.01. The smallest absolute Gasteiger partial charge is 0.242 e. The van der Waals surface area contributed by atoms with Crippen molar-refractivity contribution in [3.63, 3.8) is 0 Å². The molecule has 0 aliphatic rings. The number of aliphatic hydroxyl groups excluding tert-OH is 1. The molecule has 1 aromatic carbocycles. The molecule has 34 heavy (non-hydrogen) atoms. The summed E-state index contributed by atoms with van der Waals surface area (Å²) >= 11 is 0. The third-order valence-corrected chi connectivity index (χ3v) is 5.58. The van der Waals surface area contributed by atoms with Gasteiger partial charge in [-0.25, -0.2) is 4.68 Å². The van der Waals surface area contributed by atoms with Gasteiger partial charge in [0.25, 0.3) is 0 Å². The lowest BCUT2D eigenvalue weighted by molar-refractivity contribution is 0.0964. The van der Waals surface area contributed by atoms with E-state index in [1.54, 1.807) is 19.2 Å². The predicted octanol–water partition coefficient (Wildman–Crippen LogP) is 2.59. The first-order valence-electron chi connectivity index (χ1n) is 11.2. The number of ether oxygens (including phenoxy) is 3. The lowest BCUT2D eigenvalue weighted by atomic mass is 9.84. The molecular formula is C24H33N5O5. The molecule has 2 N–H and O–H groups in total. The van der Waals surface area contributed by atoms with Crippen molar-refractivity contribution in [2.75, 3.05) is 26.9 Å². The van der Waals surface area contributed by atoms with E-state index in [1.165, 1.54) is 9.20 Å². The van der Waals surface area contributed by atoms with Gasteiger partial charge in [0, 0.05) is 22.3 Å². The fraction of sp³-hybridized carbons (Fsp3) is 0.500. The van der Waals surface area contributed by atoms with E-state index in [4.69, 9.17) is 19.6 Å². The molecule has 0 aliphatic carbocycles. The first kappa shape index (κ1) is 25.2. The number of rotatable bonds is 9. The number of Topliss-reactive ketones (excluding diaryl/α,β-unsaturated/α-hetero) is 1. The van der Waals surface area contributed by atoms with Gasteiger partial charge in [-0.1, -0.05) is 20.8 Å². The average Bonchev–Trinajstić information content (AvgIpc) is 3.09. The maximum atomic E-state index is 13.3. The Hall–Kier alpha value is -3.40. The van der Waals surface area contributed by atoms with Gasteiger partial charge in [0.1, 0.15) is 13.2 Å². The zero-order valence-corrected chi connectivity index (χ0v) is 20.9. The van der Waals surface area contributed by atoms with E-state index in [9.17, 15) is 9.90 Å². The van der Waals surface area contributed by atoms with Crippen LogP contribution in [0, 0.1) is 19.3 Å². The maximum absolute atomic E-state index is 13.3. The second kappa shape index (κ2) is 9.84. The molecule has 184 valence electrons. The molecule has 0 bridgehead atoms. The second-order valence-corrected chi connectivity index (χ2v) is 9.01. The van der Waals surface area contributed by atoms with Gasteiger partial charge in [-0.2, -0.15) is 4.52 Å². The first-order chi connectivity index (χ1) is 16.0. The van der Waals surface area contributed by atoms with Crippen LogP contribution in [0.4, 0.5) is 0 Å². The zero-order chi connectivity index (χ0) is 25.2. The van der Waals surface area contributed by atoms with Gasteiger partial charge in [-0.15, -0.1) is 10.2 Å². The first-order valence-corrected chi connectivity index (χ1v) is 11.2. The van der Waals surface area contributed by atoms with Crippen molar-refractivity contribution >= 4 is 11.4 Å². The summed E-state index contributed by atoms with van der Waals surface area (Å²) in [4.78, 5) is 13.3. The van der Waals surface area contributed by atoms with Crippen LogP contribution < -0.4 is 19.8 Å². The summed E-state index contributed by atoms with van der Waals surface area (Å²) in [7, 11) is 1.55. The average molecular weight is 472 g/mol. The molecule has 2 aromatic heterocycles. The number of aryl methyl sites for hydroxylation is 1. The molecule has 0 atom stereocenters. The Labute approximate surface area is 198 Å². The Bertz CT molecular complexity index is 1270. The highest BCUT2D eigenvalue weighted by atomic mass is 16.5. The summed E-state index contributed by atoms with van der Waals surface area (Å²) in [5.74, 6) is 1.10. The maximum Gasteiger partial charge on any atom is 0.242 e. The largest absolute Gasteiger partial charge is 0.493 e. The molecule has 0 saturated carbocycles. The predicted molar refractivity (Wildman–Crippen MR) is 126 cm³/mol. The molecule has 10 nitrogen and oxygen atoms in total. The van der Waals surface area contributed by atoms with Crippen molar-refractivity contribution in [3.05, 3.63) is 40.0 Å². The number of benzene rings is 1. The molecule has 2 heterocycles. The van der Waals surface area contributed by atoms with Crippen LogP contribution >= 0.6 is 0 Å². The normalized spacial score (nSPS) is 11.6. The molecule has 0 aliphatic heterocycles. The van der Waals surface area contributed by atoms with Crippen LogP contribution in [0.25, 0.3) is 5.65 Å². The van der Waals surface area contributed by atoms with Gasteiger partial charge < -0.3 is 19.3 Å². The fourth-order valence-corrected chi connectivity index (χ4v) is 3.64. The minimum Gasteiger partial charge on any atom is -0.493 e. The minimum atomic E-state index is -0.329. The van der Waals surface area contributed by atoms with Crippen LogP contribution in [-0.4, -0.2) is 57.2 Å². The van der Waals surface area contributed by atoms with Crippen LogP contribution in [0.5, 0.6) is 17.4 Å². The number of aromatic nitrogens is 4. The quantitative estimate of drug-likeness (QED) is 0.460. The van der Waals surface area contributed by atoms with E-state index in [0.717, 1.165) is 16.7 Å². The summed E-state index contributed by atoms with van der Waals surface area (Å²) in [6.07, 6.45) is 0. The van der Waals surface area contributed by atoms with Crippen molar-refractivity contribution in [1.82, 2.24) is 19.4 Å². The molecule has 0 saturated heterocycles. The molecule has 0 amide bonds. The van der Waals surface area contributed by atoms with Gasteiger partial charge in [0.2, 0.25) is 11.5 Å². The Morgan fingerprint density at radius 1 is 1.15 bits per heavy atom. The van der Waals surface area contributed by atoms with Crippen molar-refractivity contribution < 1.29 is 24.1 Å². The number of hydrogen-bond acceptors (Lipinski definition) is 8. The van der Waals surface area contributed by atoms with Gasteiger partial charge in [0.15, 0.2) is 22.9 Å². The number of hydrogen-bond donors (Lipinski definition) is 2. The molecule has 0 unspecified atom stereocenters. The van der Waals surface area contributed by atoms with Gasteiger partial charge in [0.05, 0.1) is 20.3 Å². The Balaban J connectivity index is 2.06. The molecular weight excluding hydrogens is 438 g/mol. The van der Waals surface area contributed by atoms with Crippen LogP contribution in [0.15, 0.2) is 12.1 Å². The Morgan fingerprint density at radius 2 is 1.85 bits per heavy atom. The Morgan fingerprint density at radius 3 is 2.44 bits per heavy atom. The summed E-state index contributed by atoms with van der Waals surface area (Å²) in [6.45, 7) is 11.9. The number of nitrogens with one attached hydrogen (secondary N) is 1. The Kier molecular flexibility index (Phi) is 7.30.